The maximum absolute atomic E-state index is 11.3. The van der Waals surface area contributed by atoms with Crippen molar-refractivity contribution in [3.8, 4) is 0 Å². The summed E-state index contributed by atoms with van der Waals surface area (Å²) in [7, 11) is 1.39. The molecule has 0 aliphatic rings. The van der Waals surface area contributed by atoms with Crippen LogP contribution in [0.15, 0.2) is 17.6 Å². The van der Waals surface area contributed by atoms with Crippen LogP contribution in [0.5, 0.6) is 0 Å². The second-order valence-electron chi connectivity index (χ2n) is 2.84. The molecule has 1 atom stereocenters. The number of methoxy groups -OCH3 is 1. The van der Waals surface area contributed by atoms with Crippen LogP contribution in [0.2, 0.25) is 0 Å². The van der Waals surface area contributed by atoms with E-state index in [9.17, 15) is 4.79 Å². The zero-order chi connectivity index (χ0) is 11.1. The van der Waals surface area contributed by atoms with Crippen molar-refractivity contribution in [1.29, 1.82) is 0 Å². The molecule has 0 saturated carbocycles. The molecule has 0 spiro atoms. The highest BCUT2D eigenvalue weighted by molar-refractivity contribution is 7.99. The summed E-state index contributed by atoms with van der Waals surface area (Å²) in [5.74, 6) is 0.365. The lowest BCUT2D eigenvalue weighted by atomic mass is 10.3. The quantitative estimate of drug-likeness (QED) is 0.554. The number of hydrogen-bond donors (Lipinski definition) is 2. The molecular weight excluding hydrogens is 214 g/mol. The van der Waals surface area contributed by atoms with Crippen molar-refractivity contribution in [3.63, 3.8) is 0 Å². The fraction of sp³-hybridized carbons (Fsp3) is 0.556. The zero-order valence-corrected chi connectivity index (χ0v) is 9.63. The maximum Gasteiger partial charge on any atom is 0.323 e. The molecule has 0 bridgehead atoms. The number of nitrogens with zero attached hydrogens (tertiary/aromatic N) is 1. The van der Waals surface area contributed by atoms with Crippen LogP contribution in [-0.2, 0) is 9.53 Å². The number of H-pyrrole nitrogens is 1. The van der Waals surface area contributed by atoms with Crippen LogP contribution in [0, 0.1) is 0 Å². The van der Waals surface area contributed by atoms with Gasteiger partial charge in [0, 0.05) is 18.1 Å². The highest BCUT2D eigenvalue weighted by Gasteiger charge is 2.18. The first kappa shape index (κ1) is 12.1. The SMILES string of the molecule is CCNC(CSc1ncc[nH]1)C(=O)OC. The monoisotopic (exact) mass is 229 g/mol. The fourth-order valence-corrected chi connectivity index (χ4v) is 1.96. The van der Waals surface area contributed by atoms with Gasteiger partial charge in [-0.25, -0.2) is 4.98 Å². The molecular formula is C9H15N3O2S. The van der Waals surface area contributed by atoms with E-state index >= 15 is 0 Å². The first-order valence-corrected chi connectivity index (χ1v) is 5.69. The molecule has 1 unspecified atom stereocenters. The molecule has 6 heteroatoms. The molecule has 15 heavy (non-hydrogen) atoms. The van der Waals surface area contributed by atoms with Gasteiger partial charge in [0.1, 0.15) is 6.04 Å². The summed E-state index contributed by atoms with van der Waals surface area (Å²) >= 11 is 1.49. The summed E-state index contributed by atoms with van der Waals surface area (Å²) in [6, 6.07) is -0.282. The van der Waals surface area contributed by atoms with E-state index in [0.717, 1.165) is 11.7 Å². The predicted octanol–water partition coefficient (Wildman–Crippen LogP) is 0.653. The minimum Gasteiger partial charge on any atom is -0.468 e. The van der Waals surface area contributed by atoms with Crippen LogP contribution in [-0.4, -0.2) is 41.4 Å². The molecule has 0 aliphatic carbocycles. The fourth-order valence-electron chi connectivity index (χ4n) is 1.09. The van der Waals surface area contributed by atoms with E-state index in [4.69, 9.17) is 0 Å². The summed E-state index contributed by atoms with van der Waals surface area (Å²) in [5.41, 5.74) is 0. The van der Waals surface area contributed by atoms with E-state index in [-0.39, 0.29) is 12.0 Å². The van der Waals surface area contributed by atoms with Gasteiger partial charge >= 0.3 is 5.97 Å². The number of aromatic amines is 1. The average molecular weight is 229 g/mol. The molecule has 0 amide bonds. The van der Waals surface area contributed by atoms with Crippen LogP contribution >= 0.6 is 11.8 Å². The molecule has 0 radical (unpaired) electrons. The number of imidazole rings is 1. The number of hydrogen-bond acceptors (Lipinski definition) is 5. The van der Waals surface area contributed by atoms with Crippen LogP contribution < -0.4 is 5.32 Å². The average Bonchev–Trinajstić information content (AvgIpc) is 2.76. The molecule has 0 aliphatic heterocycles. The minimum absolute atomic E-state index is 0.240. The highest BCUT2D eigenvalue weighted by atomic mass is 32.2. The second kappa shape index (κ2) is 6.47. The highest BCUT2D eigenvalue weighted by Crippen LogP contribution is 2.13. The van der Waals surface area contributed by atoms with Crippen molar-refractivity contribution >= 4 is 17.7 Å². The Morgan fingerprint density at radius 3 is 3.13 bits per heavy atom. The van der Waals surface area contributed by atoms with Gasteiger partial charge in [-0.1, -0.05) is 18.7 Å². The number of carbonyl (C=O) groups is 1. The third kappa shape index (κ3) is 3.93. The summed E-state index contributed by atoms with van der Waals surface area (Å²) in [6.45, 7) is 2.69. The molecule has 1 rings (SSSR count). The molecule has 5 nitrogen and oxygen atoms in total. The Morgan fingerprint density at radius 1 is 1.80 bits per heavy atom. The Labute approximate surface area is 93.0 Å². The Hall–Kier alpha value is -1.01. The van der Waals surface area contributed by atoms with E-state index in [1.807, 2.05) is 6.92 Å². The van der Waals surface area contributed by atoms with Gasteiger partial charge in [-0.15, -0.1) is 0 Å². The van der Waals surface area contributed by atoms with Crippen LogP contribution in [0.4, 0.5) is 0 Å². The van der Waals surface area contributed by atoms with E-state index < -0.39 is 0 Å². The first-order valence-electron chi connectivity index (χ1n) is 4.71. The number of aromatic nitrogens is 2. The number of likely N-dealkylation sites (N-methyl/N-ethyl adjacent to an activating group) is 1. The lowest BCUT2D eigenvalue weighted by molar-refractivity contribution is -0.142. The number of ether oxygens (including phenoxy) is 1. The number of esters is 1. The minimum atomic E-state index is -0.282. The Balaban J connectivity index is 2.41. The van der Waals surface area contributed by atoms with Gasteiger partial charge in [-0.05, 0) is 6.54 Å². The van der Waals surface area contributed by atoms with E-state index in [0.29, 0.717) is 5.75 Å². The number of thioether (sulfide) groups is 1. The van der Waals surface area contributed by atoms with E-state index in [2.05, 4.69) is 20.0 Å². The number of carbonyl (C=O) groups excluding carboxylic acids is 1. The van der Waals surface area contributed by atoms with Gasteiger partial charge in [0.15, 0.2) is 5.16 Å². The van der Waals surface area contributed by atoms with Crippen molar-refractivity contribution in [2.75, 3.05) is 19.4 Å². The third-order valence-electron chi connectivity index (χ3n) is 1.80. The lowest BCUT2D eigenvalue weighted by Gasteiger charge is -2.13. The normalized spacial score (nSPS) is 12.4. The Morgan fingerprint density at radius 2 is 2.60 bits per heavy atom. The summed E-state index contributed by atoms with van der Waals surface area (Å²) < 4.78 is 4.69. The Kier molecular flexibility index (Phi) is 5.20. The Bertz CT molecular complexity index is 290. The predicted molar refractivity (Wildman–Crippen MR) is 58.8 cm³/mol. The summed E-state index contributed by atoms with van der Waals surface area (Å²) in [6.07, 6.45) is 3.44. The largest absolute Gasteiger partial charge is 0.468 e. The lowest BCUT2D eigenvalue weighted by Crippen LogP contribution is -2.39. The molecule has 1 heterocycles. The molecule has 2 N–H and O–H groups in total. The van der Waals surface area contributed by atoms with Crippen LogP contribution in [0.3, 0.4) is 0 Å². The molecule has 0 aromatic carbocycles. The molecule has 84 valence electrons. The van der Waals surface area contributed by atoms with Gasteiger partial charge in [0.05, 0.1) is 7.11 Å². The molecule has 0 saturated heterocycles. The molecule has 0 fully saturated rings. The second-order valence-corrected chi connectivity index (χ2v) is 3.85. The van der Waals surface area contributed by atoms with Gasteiger partial charge in [-0.2, -0.15) is 0 Å². The van der Waals surface area contributed by atoms with Crippen molar-refractivity contribution in [2.24, 2.45) is 0 Å². The summed E-state index contributed by atoms with van der Waals surface area (Å²) in [4.78, 5) is 18.4. The van der Waals surface area contributed by atoms with Gasteiger partial charge in [0.2, 0.25) is 0 Å². The van der Waals surface area contributed by atoms with Crippen molar-refractivity contribution in [1.82, 2.24) is 15.3 Å². The van der Waals surface area contributed by atoms with Crippen molar-refractivity contribution < 1.29 is 9.53 Å². The van der Waals surface area contributed by atoms with Gasteiger partial charge < -0.3 is 15.0 Å². The third-order valence-corrected chi connectivity index (χ3v) is 2.79. The smallest absolute Gasteiger partial charge is 0.323 e. The zero-order valence-electron chi connectivity index (χ0n) is 8.82. The van der Waals surface area contributed by atoms with E-state index in [1.54, 1.807) is 12.4 Å². The number of nitrogens with one attached hydrogen (secondary N) is 2. The van der Waals surface area contributed by atoms with Crippen LogP contribution in [0.1, 0.15) is 6.92 Å². The van der Waals surface area contributed by atoms with Crippen molar-refractivity contribution in [3.05, 3.63) is 12.4 Å². The standard InChI is InChI=1S/C9H15N3O2S/c1-3-10-7(8(13)14-2)6-15-9-11-4-5-12-9/h4-5,7,10H,3,6H2,1-2H3,(H,11,12). The number of rotatable bonds is 6. The topological polar surface area (TPSA) is 67.0 Å². The first-order chi connectivity index (χ1) is 7.27. The van der Waals surface area contributed by atoms with Gasteiger partial charge in [-0.3, -0.25) is 4.79 Å². The van der Waals surface area contributed by atoms with Crippen LogP contribution in [0.25, 0.3) is 0 Å². The van der Waals surface area contributed by atoms with E-state index in [1.165, 1.54) is 18.9 Å². The maximum atomic E-state index is 11.3. The summed E-state index contributed by atoms with van der Waals surface area (Å²) in [5, 5.41) is 3.87. The molecule has 1 aromatic rings. The van der Waals surface area contributed by atoms with Gasteiger partial charge in [0.25, 0.3) is 0 Å². The van der Waals surface area contributed by atoms with Crippen molar-refractivity contribution in [2.45, 2.75) is 18.1 Å². The molecule has 1 aromatic heterocycles.